The minimum Gasteiger partial charge on any atom is -0.391 e. The number of benzene rings is 1. The van der Waals surface area contributed by atoms with Crippen molar-refractivity contribution in [2.45, 2.75) is 139 Å². The van der Waals surface area contributed by atoms with Crippen LogP contribution in [0.3, 0.4) is 0 Å². The van der Waals surface area contributed by atoms with Crippen LogP contribution in [0, 0.1) is 24.2 Å². The number of carbonyl (C=O) groups excluding carboxylic acids is 3. The molecular formula is C55H76ClN15O5S. The molecule has 0 spiro atoms. The molecule has 414 valence electrons. The average Bonchev–Trinajstić information content (AvgIpc) is 4.22. The van der Waals surface area contributed by atoms with Gasteiger partial charge in [0.25, 0.3) is 0 Å². The molecule has 6 N–H and O–H groups in total. The van der Waals surface area contributed by atoms with Crippen molar-refractivity contribution < 1.29 is 24.6 Å². The third-order valence-electron chi connectivity index (χ3n) is 16.2. The second kappa shape index (κ2) is 25.0. The second-order valence-corrected chi connectivity index (χ2v) is 23.4. The number of anilines is 2. The molecule has 4 aliphatic heterocycles. The molecule has 4 aromatic heterocycles. The third kappa shape index (κ3) is 13.1. The number of nitrogens with zero attached hydrogens (tertiary/aromatic N) is 12. The Morgan fingerprint density at radius 1 is 0.974 bits per heavy atom. The Labute approximate surface area is 460 Å². The Hall–Kier alpha value is -5.71. The molecule has 0 unspecified atom stereocenters. The minimum absolute atomic E-state index is 0.0542. The Morgan fingerprint density at radius 3 is 2.38 bits per heavy atom. The van der Waals surface area contributed by atoms with E-state index in [1.807, 2.05) is 54.6 Å². The van der Waals surface area contributed by atoms with E-state index < -0.39 is 18.2 Å². The zero-order valence-electron chi connectivity index (χ0n) is 45.1. The molecule has 0 bridgehead atoms. The van der Waals surface area contributed by atoms with Crippen molar-refractivity contribution in [3.63, 3.8) is 0 Å². The molecule has 9 rings (SSSR count). The lowest BCUT2D eigenvalue weighted by molar-refractivity contribution is -0.142. The van der Waals surface area contributed by atoms with Crippen molar-refractivity contribution >= 4 is 52.7 Å². The highest BCUT2D eigenvalue weighted by Gasteiger charge is 2.43. The first-order valence-corrected chi connectivity index (χ1v) is 28.6. The number of carbonyl (C=O) groups is 3. The summed E-state index contributed by atoms with van der Waals surface area (Å²) in [5.74, 6) is 0.705. The van der Waals surface area contributed by atoms with Gasteiger partial charge in [0.15, 0.2) is 5.82 Å². The molecule has 4 atom stereocenters. The highest BCUT2D eigenvalue weighted by atomic mass is 35.5. The highest BCUT2D eigenvalue weighted by molar-refractivity contribution is 7.99. The van der Waals surface area contributed by atoms with Crippen LogP contribution in [0.5, 0.6) is 0 Å². The number of pyridine rings is 1. The number of β-amino-alcohol motifs (C(OH)–C–C–N with tert-alkyl or cyclic N) is 1. The predicted octanol–water partition coefficient (Wildman–Crippen LogP) is 5.74. The second-order valence-electron chi connectivity index (χ2n) is 22.0. The maximum Gasteiger partial charge on any atom is 0.248 e. The van der Waals surface area contributed by atoms with Gasteiger partial charge in [0.1, 0.15) is 28.6 Å². The fraction of sp³-hybridized carbons (Fsp3) is 0.582. The topological polar surface area (TPSA) is 242 Å². The molecule has 4 saturated heterocycles. The van der Waals surface area contributed by atoms with Gasteiger partial charge in [-0.1, -0.05) is 73.6 Å². The van der Waals surface area contributed by atoms with Crippen LogP contribution in [0.25, 0.3) is 11.3 Å². The fourth-order valence-electron chi connectivity index (χ4n) is 11.4. The Kier molecular flexibility index (Phi) is 18.2. The van der Waals surface area contributed by atoms with Crippen LogP contribution in [-0.2, 0) is 27.5 Å². The number of nitrogens with one attached hydrogen (secondary N) is 2. The number of amides is 3. The first kappa shape index (κ1) is 56.0. The van der Waals surface area contributed by atoms with E-state index in [-0.39, 0.29) is 66.6 Å². The number of halogens is 1. The summed E-state index contributed by atoms with van der Waals surface area (Å²) in [7, 11) is 0. The van der Waals surface area contributed by atoms with Gasteiger partial charge in [-0.15, -0.1) is 5.10 Å². The lowest BCUT2D eigenvalue weighted by atomic mass is 9.80. The summed E-state index contributed by atoms with van der Waals surface area (Å²) in [5, 5.41) is 41.9. The van der Waals surface area contributed by atoms with Crippen molar-refractivity contribution in [3.8, 4) is 11.3 Å². The van der Waals surface area contributed by atoms with Crippen LogP contribution in [0.1, 0.15) is 108 Å². The van der Waals surface area contributed by atoms with E-state index in [0.29, 0.717) is 65.7 Å². The summed E-state index contributed by atoms with van der Waals surface area (Å²) in [6.45, 7) is 16.3. The van der Waals surface area contributed by atoms with E-state index >= 15 is 0 Å². The number of rotatable bonds is 19. The molecule has 5 aromatic rings. The summed E-state index contributed by atoms with van der Waals surface area (Å²) in [6.07, 6.45) is 11.8. The smallest absolute Gasteiger partial charge is 0.248 e. The van der Waals surface area contributed by atoms with Gasteiger partial charge in [-0.25, -0.2) is 19.6 Å². The highest BCUT2D eigenvalue weighted by Crippen LogP contribution is 2.38. The molecule has 0 aliphatic carbocycles. The number of piperidine rings is 3. The zero-order valence-corrected chi connectivity index (χ0v) is 46.7. The van der Waals surface area contributed by atoms with Crippen molar-refractivity contribution in [2.75, 3.05) is 69.1 Å². The molecule has 3 amide bonds. The third-order valence-corrected chi connectivity index (χ3v) is 17.7. The Bertz CT molecular complexity index is 2810. The molecule has 22 heteroatoms. The van der Waals surface area contributed by atoms with Gasteiger partial charge in [0.05, 0.1) is 41.4 Å². The van der Waals surface area contributed by atoms with Crippen molar-refractivity contribution in [1.29, 1.82) is 0 Å². The number of aliphatic hydroxyl groups excluding tert-OH is 2. The zero-order chi connectivity index (χ0) is 54.4. The Balaban J connectivity index is 0.779. The quantitative estimate of drug-likeness (QED) is 0.0663. The monoisotopic (exact) mass is 1090 g/mol. The van der Waals surface area contributed by atoms with Crippen LogP contribution < -0.4 is 21.3 Å². The predicted molar refractivity (Wildman–Crippen MR) is 296 cm³/mol. The van der Waals surface area contributed by atoms with Gasteiger partial charge in [0.2, 0.25) is 17.7 Å². The van der Waals surface area contributed by atoms with Gasteiger partial charge in [0, 0.05) is 87.7 Å². The van der Waals surface area contributed by atoms with Crippen LogP contribution in [0.2, 0.25) is 5.02 Å². The van der Waals surface area contributed by atoms with E-state index in [0.717, 1.165) is 93.0 Å². The van der Waals surface area contributed by atoms with Crippen molar-refractivity contribution in [2.24, 2.45) is 23.0 Å². The number of hydrogen-bond acceptors (Lipinski definition) is 16. The van der Waals surface area contributed by atoms with Gasteiger partial charge in [-0.3, -0.25) is 19.1 Å². The fourth-order valence-corrected chi connectivity index (χ4v) is 12.5. The standard InChI is InChI=1S/C55H76ClN15O5S/c1-6-70-44(11-21-60-70)38-9-7-37(8-10-38)42(63-52(74)45-29-41(73)32-69(45)54(76)49(35(2)3)71-31-36(4)64-65-71)17-24-66-22-13-39(14-23-66)53(75)68-25-15-40(16-26-68)61-50-48(56)46(12-20-58-50)77-47-30-59-51(43(33-72)62-47)67-27-18-55(5,34-57)19-28-67/h7-12,20-21,30-31,35,39-42,45,49,72-73H,6,13-19,22-29,32-34,57H2,1-5H3,(H,58,61)(H,63,74)/t41-,42+,45+,49+/m1/s1. The van der Waals surface area contributed by atoms with Gasteiger partial charge < -0.3 is 46.2 Å². The molecular weight excluding hydrogens is 1020 g/mol. The summed E-state index contributed by atoms with van der Waals surface area (Å²) in [6, 6.07) is 10.2. The minimum atomic E-state index is -0.858. The van der Waals surface area contributed by atoms with Gasteiger partial charge in [-0.2, -0.15) is 5.10 Å². The van der Waals surface area contributed by atoms with Crippen molar-refractivity contribution in [1.82, 2.24) is 59.7 Å². The summed E-state index contributed by atoms with van der Waals surface area (Å²) in [5.41, 5.74) is 10.3. The Morgan fingerprint density at radius 2 is 1.71 bits per heavy atom. The first-order chi connectivity index (χ1) is 37.1. The largest absolute Gasteiger partial charge is 0.391 e. The molecule has 8 heterocycles. The van der Waals surface area contributed by atoms with E-state index in [4.69, 9.17) is 27.3 Å². The lowest BCUT2D eigenvalue weighted by Crippen LogP contribution is -2.50. The summed E-state index contributed by atoms with van der Waals surface area (Å²) in [4.78, 5) is 65.6. The molecule has 77 heavy (non-hydrogen) atoms. The molecule has 1 aromatic carbocycles. The maximum absolute atomic E-state index is 14.4. The maximum atomic E-state index is 14.4. The SMILES string of the molecule is CCn1nccc1-c1ccc([C@H](CCN2CCC(C(=O)N3CCC(Nc4nccc(Sc5cnc(N6CCC(C)(CN)CC6)c(CO)n5)c4Cl)CC3)CC2)NC(=O)[C@@H]2C[C@@H](O)CN2C(=O)[C@H](C(C)C)n2cc(C)nn2)cc1. The number of aromatic nitrogens is 8. The average molecular weight is 1090 g/mol. The van der Waals surface area contributed by atoms with E-state index in [2.05, 4.69) is 66.8 Å². The molecule has 0 radical (unpaired) electrons. The summed E-state index contributed by atoms with van der Waals surface area (Å²) < 4.78 is 3.51. The van der Waals surface area contributed by atoms with E-state index in [1.165, 1.54) is 16.7 Å². The van der Waals surface area contributed by atoms with Crippen LogP contribution in [0.15, 0.2) is 71.1 Å². The van der Waals surface area contributed by atoms with E-state index in [9.17, 15) is 24.6 Å². The number of likely N-dealkylation sites (tertiary alicyclic amines) is 3. The first-order valence-electron chi connectivity index (χ1n) is 27.5. The normalized spacial score (nSPS) is 20.4. The van der Waals surface area contributed by atoms with Crippen LogP contribution in [-0.4, -0.2) is 159 Å². The molecule has 4 aliphatic rings. The summed E-state index contributed by atoms with van der Waals surface area (Å²) >= 11 is 8.35. The number of aliphatic hydroxyl groups is 2. The molecule has 0 saturated carbocycles. The van der Waals surface area contributed by atoms with Gasteiger partial charge in [-0.05, 0) is 113 Å². The molecule has 4 fully saturated rings. The number of nitrogens with two attached hydrogens (primary N) is 1. The van der Waals surface area contributed by atoms with Crippen molar-refractivity contribution in [3.05, 3.63) is 83.2 Å². The van der Waals surface area contributed by atoms with E-state index in [1.54, 1.807) is 29.5 Å². The van der Waals surface area contributed by atoms with Crippen LogP contribution >= 0.6 is 23.4 Å². The van der Waals surface area contributed by atoms with Gasteiger partial charge >= 0.3 is 0 Å². The molecule has 20 nitrogen and oxygen atoms in total. The number of aryl methyl sites for hydroxylation is 2. The lowest BCUT2D eigenvalue weighted by Gasteiger charge is -2.39. The number of hydrogen-bond donors (Lipinski definition) is 5. The van der Waals surface area contributed by atoms with Crippen LogP contribution in [0.4, 0.5) is 11.6 Å².